The van der Waals surface area contributed by atoms with Gasteiger partial charge in [0.1, 0.15) is 0 Å². The second-order valence-electron chi connectivity index (χ2n) is 3.21. The summed E-state index contributed by atoms with van der Waals surface area (Å²) in [5.74, 6) is 0. The molecule has 0 atom stereocenters. The summed E-state index contributed by atoms with van der Waals surface area (Å²) in [5.41, 5.74) is 2.93. The standard InChI is InChI=1S/C11H8BrClN2/c1-7-6-10(13)14-15-11(7)8-2-4-9(12)5-3-8/h2-6H,1H3. The van der Waals surface area contributed by atoms with Crippen LogP contribution in [0.4, 0.5) is 0 Å². The Morgan fingerprint density at radius 1 is 1.13 bits per heavy atom. The Morgan fingerprint density at radius 2 is 1.80 bits per heavy atom. The lowest BCUT2D eigenvalue weighted by Gasteiger charge is -2.03. The summed E-state index contributed by atoms with van der Waals surface area (Å²) in [6.07, 6.45) is 0. The second-order valence-corrected chi connectivity index (χ2v) is 4.51. The molecule has 76 valence electrons. The van der Waals surface area contributed by atoms with Crippen LogP contribution in [0.15, 0.2) is 34.8 Å². The minimum atomic E-state index is 0.424. The molecule has 0 aliphatic heterocycles. The van der Waals surface area contributed by atoms with Crippen molar-refractivity contribution in [3.63, 3.8) is 0 Å². The van der Waals surface area contributed by atoms with Gasteiger partial charge in [-0.2, -0.15) is 0 Å². The fourth-order valence-electron chi connectivity index (χ4n) is 1.35. The van der Waals surface area contributed by atoms with Crippen molar-refractivity contribution in [2.75, 3.05) is 0 Å². The van der Waals surface area contributed by atoms with Crippen LogP contribution in [0.3, 0.4) is 0 Å². The molecule has 2 nitrogen and oxygen atoms in total. The lowest BCUT2D eigenvalue weighted by atomic mass is 10.1. The van der Waals surface area contributed by atoms with E-state index in [1.165, 1.54) is 0 Å². The zero-order valence-electron chi connectivity index (χ0n) is 8.04. The normalized spacial score (nSPS) is 10.3. The van der Waals surface area contributed by atoms with Gasteiger partial charge in [0.05, 0.1) is 5.69 Å². The van der Waals surface area contributed by atoms with Gasteiger partial charge in [0.15, 0.2) is 5.15 Å². The lowest BCUT2D eigenvalue weighted by molar-refractivity contribution is 1.02. The topological polar surface area (TPSA) is 25.8 Å². The molecule has 0 aliphatic carbocycles. The minimum Gasteiger partial charge on any atom is -0.149 e. The first kappa shape index (κ1) is 10.6. The Labute approximate surface area is 101 Å². The SMILES string of the molecule is Cc1cc(Cl)nnc1-c1ccc(Br)cc1. The van der Waals surface area contributed by atoms with Gasteiger partial charge in [-0.25, -0.2) is 0 Å². The largest absolute Gasteiger partial charge is 0.152 e. The smallest absolute Gasteiger partial charge is 0.149 e. The van der Waals surface area contributed by atoms with Gasteiger partial charge < -0.3 is 0 Å². The van der Waals surface area contributed by atoms with E-state index in [0.717, 1.165) is 21.3 Å². The molecule has 1 aromatic carbocycles. The van der Waals surface area contributed by atoms with Crippen molar-refractivity contribution in [2.24, 2.45) is 0 Å². The maximum atomic E-state index is 5.75. The molecule has 0 unspecified atom stereocenters. The summed E-state index contributed by atoms with van der Waals surface area (Å²) in [7, 11) is 0. The Hall–Kier alpha value is -0.930. The van der Waals surface area contributed by atoms with Crippen molar-refractivity contribution in [3.05, 3.63) is 45.5 Å². The van der Waals surface area contributed by atoms with Crippen molar-refractivity contribution < 1.29 is 0 Å². The zero-order valence-corrected chi connectivity index (χ0v) is 10.4. The molecule has 4 heteroatoms. The molecule has 2 aromatic rings. The van der Waals surface area contributed by atoms with Crippen molar-refractivity contribution in [2.45, 2.75) is 6.92 Å². The van der Waals surface area contributed by atoms with Gasteiger partial charge in [0, 0.05) is 10.0 Å². The number of halogens is 2. The summed E-state index contributed by atoms with van der Waals surface area (Å²) >= 11 is 9.14. The Balaban J connectivity index is 2.49. The van der Waals surface area contributed by atoms with E-state index < -0.39 is 0 Å². The first-order valence-electron chi connectivity index (χ1n) is 4.42. The molecule has 0 fully saturated rings. The van der Waals surface area contributed by atoms with Crippen LogP contribution >= 0.6 is 27.5 Å². The van der Waals surface area contributed by atoms with Crippen LogP contribution in [0.25, 0.3) is 11.3 Å². The average Bonchev–Trinajstić information content (AvgIpc) is 2.20. The molecular formula is C11H8BrClN2. The summed E-state index contributed by atoms with van der Waals surface area (Å²) in [5, 5.41) is 8.35. The third-order valence-electron chi connectivity index (χ3n) is 2.07. The summed E-state index contributed by atoms with van der Waals surface area (Å²) in [6, 6.07) is 9.76. The predicted octanol–water partition coefficient (Wildman–Crippen LogP) is 3.87. The molecule has 0 spiro atoms. The van der Waals surface area contributed by atoms with Gasteiger partial charge >= 0.3 is 0 Å². The van der Waals surface area contributed by atoms with E-state index >= 15 is 0 Å². The van der Waals surface area contributed by atoms with Gasteiger partial charge in [-0.15, -0.1) is 10.2 Å². The fraction of sp³-hybridized carbons (Fsp3) is 0.0909. The predicted molar refractivity (Wildman–Crippen MR) is 64.9 cm³/mol. The van der Waals surface area contributed by atoms with Crippen LogP contribution in [0, 0.1) is 6.92 Å². The van der Waals surface area contributed by atoms with E-state index in [1.54, 1.807) is 0 Å². The fourth-order valence-corrected chi connectivity index (χ4v) is 1.81. The molecule has 0 aliphatic rings. The van der Waals surface area contributed by atoms with Gasteiger partial charge in [-0.1, -0.05) is 39.7 Å². The molecule has 0 saturated carbocycles. The van der Waals surface area contributed by atoms with Crippen molar-refractivity contribution in [1.82, 2.24) is 10.2 Å². The number of hydrogen-bond donors (Lipinski definition) is 0. The van der Waals surface area contributed by atoms with Crippen LogP contribution in [0.5, 0.6) is 0 Å². The molecule has 0 amide bonds. The highest BCUT2D eigenvalue weighted by molar-refractivity contribution is 9.10. The molecule has 0 N–H and O–H groups in total. The molecule has 2 rings (SSSR count). The van der Waals surface area contributed by atoms with Gasteiger partial charge in [-0.3, -0.25) is 0 Å². The number of benzene rings is 1. The molecule has 15 heavy (non-hydrogen) atoms. The van der Waals surface area contributed by atoms with E-state index in [0.29, 0.717) is 5.15 Å². The molecule has 0 saturated heterocycles. The molecule has 1 heterocycles. The van der Waals surface area contributed by atoms with Gasteiger partial charge in [0.25, 0.3) is 0 Å². The minimum absolute atomic E-state index is 0.424. The lowest BCUT2D eigenvalue weighted by Crippen LogP contribution is -1.91. The number of aromatic nitrogens is 2. The van der Waals surface area contributed by atoms with E-state index in [4.69, 9.17) is 11.6 Å². The first-order valence-corrected chi connectivity index (χ1v) is 5.59. The van der Waals surface area contributed by atoms with Crippen LogP contribution in [0.2, 0.25) is 5.15 Å². The van der Waals surface area contributed by atoms with Crippen molar-refractivity contribution in [1.29, 1.82) is 0 Å². The second kappa shape index (κ2) is 4.29. The van der Waals surface area contributed by atoms with Crippen molar-refractivity contribution in [3.8, 4) is 11.3 Å². The van der Waals surface area contributed by atoms with Crippen LogP contribution in [-0.2, 0) is 0 Å². The summed E-state index contributed by atoms with van der Waals surface area (Å²) in [4.78, 5) is 0. The van der Waals surface area contributed by atoms with Crippen LogP contribution in [0.1, 0.15) is 5.56 Å². The Kier molecular flexibility index (Phi) is 3.03. The number of hydrogen-bond acceptors (Lipinski definition) is 2. The first-order chi connectivity index (χ1) is 7.16. The maximum Gasteiger partial charge on any atom is 0.152 e. The third-order valence-corrected chi connectivity index (χ3v) is 2.79. The molecule has 1 aromatic heterocycles. The highest BCUT2D eigenvalue weighted by Crippen LogP contribution is 2.23. The Morgan fingerprint density at radius 3 is 2.40 bits per heavy atom. The van der Waals surface area contributed by atoms with E-state index in [-0.39, 0.29) is 0 Å². The zero-order chi connectivity index (χ0) is 10.8. The molecule has 0 bridgehead atoms. The highest BCUT2D eigenvalue weighted by atomic mass is 79.9. The number of aryl methyl sites for hydroxylation is 1. The quantitative estimate of drug-likeness (QED) is 0.794. The average molecular weight is 284 g/mol. The summed E-state index contributed by atoms with van der Waals surface area (Å²) < 4.78 is 1.05. The highest BCUT2D eigenvalue weighted by Gasteiger charge is 2.04. The van der Waals surface area contributed by atoms with Crippen molar-refractivity contribution >= 4 is 27.5 Å². The Bertz CT molecular complexity index is 482. The molecular weight excluding hydrogens is 275 g/mol. The van der Waals surface area contributed by atoms with E-state index in [9.17, 15) is 0 Å². The van der Waals surface area contributed by atoms with E-state index in [2.05, 4.69) is 26.1 Å². The van der Waals surface area contributed by atoms with E-state index in [1.807, 2.05) is 37.3 Å². The number of rotatable bonds is 1. The summed E-state index contributed by atoms with van der Waals surface area (Å²) in [6.45, 7) is 1.97. The number of nitrogens with zero attached hydrogens (tertiary/aromatic N) is 2. The van der Waals surface area contributed by atoms with Crippen LogP contribution in [-0.4, -0.2) is 10.2 Å². The monoisotopic (exact) mass is 282 g/mol. The third kappa shape index (κ3) is 2.36. The van der Waals surface area contributed by atoms with Gasteiger partial charge in [-0.05, 0) is 30.7 Å². The van der Waals surface area contributed by atoms with Crippen LogP contribution < -0.4 is 0 Å². The van der Waals surface area contributed by atoms with Gasteiger partial charge in [0.2, 0.25) is 0 Å². The maximum absolute atomic E-state index is 5.75. The molecule has 0 radical (unpaired) electrons.